The fraction of sp³-hybridized carbons (Fsp3) is 0.647. The average molecular weight is 265 g/mol. The molecule has 0 unspecified atom stereocenters. The van der Waals surface area contributed by atoms with Crippen LogP contribution in [0.4, 0.5) is 5.69 Å². The molecule has 1 aromatic carbocycles. The van der Waals surface area contributed by atoms with Gasteiger partial charge in [-0.1, -0.05) is 46.8 Å². The van der Waals surface area contributed by atoms with Crippen LogP contribution in [-0.2, 0) is 6.42 Å². The Morgan fingerprint density at radius 2 is 1.68 bits per heavy atom. The van der Waals surface area contributed by atoms with E-state index in [1.807, 2.05) is 27.7 Å². The number of benzene rings is 1. The van der Waals surface area contributed by atoms with Gasteiger partial charge in [0.1, 0.15) is 0 Å². The lowest BCUT2D eigenvalue weighted by Crippen LogP contribution is -2.35. The monoisotopic (exact) mass is 265 g/mol. The molecule has 0 spiro atoms. The highest BCUT2D eigenvalue weighted by atomic mass is 16.3. The van der Waals surface area contributed by atoms with Crippen molar-refractivity contribution in [2.75, 3.05) is 18.0 Å². The minimum absolute atomic E-state index is 0.0874. The molecule has 0 amide bonds. The number of hydrogen-bond donors (Lipinski definition) is 1. The molecular weight excluding hydrogens is 234 g/mol. The molecule has 0 atom stereocenters. The highest BCUT2D eigenvalue weighted by Crippen LogP contribution is 2.21. The van der Waals surface area contributed by atoms with Crippen LogP contribution in [0.15, 0.2) is 24.3 Å². The normalized spacial score (nSPS) is 14.9. The molecule has 1 fully saturated rings. The van der Waals surface area contributed by atoms with Crippen LogP contribution in [0, 0.1) is 0 Å². The number of rotatable bonds is 2. The maximum absolute atomic E-state index is 9.45. The molecule has 2 heteroatoms. The summed E-state index contributed by atoms with van der Waals surface area (Å²) in [6, 6.07) is 8.72. The quantitative estimate of drug-likeness (QED) is 0.863. The number of aliphatic hydroxyl groups is 1. The molecule has 1 aromatic rings. The fourth-order valence-corrected chi connectivity index (χ4v) is 2.10. The van der Waals surface area contributed by atoms with E-state index in [9.17, 15) is 5.11 Å². The highest BCUT2D eigenvalue weighted by Gasteiger charge is 2.16. The molecule has 0 bridgehead atoms. The first-order valence-corrected chi connectivity index (χ1v) is 7.81. The van der Waals surface area contributed by atoms with Crippen LogP contribution in [0.5, 0.6) is 0 Å². The Bertz CT molecular complexity index is 317. The summed E-state index contributed by atoms with van der Waals surface area (Å²) in [5.74, 6) is 0. The van der Waals surface area contributed by atoms with E-state index in [4.69, 9.17) is 0 Å². The van der Waals surface area contributed by atoms with Crippen molar-refractivity contribution in [3.8, 4) is 0 Å². The number of aliphatic hydroxyl groups excluding tert-OH is 1. The van der Waals surface area contributed by atoms with Gasteiger partial charge in [0.05, 0.1) is 6.10 Å². The molecular formula is C17H31NO. The van der Waals surface area contributed by atoms with E-state index in [-0.39, 0.29) is 6.10 Å². The summed E-state index contributed by atoms with van der Waals surface area (Å²) in [6.45, 7) is 12.1. The molecule has 0 aliphatic carbocycles. The van der Waals surface area contributed by atoms with Crippen molar-refractivity contribution in [3.63, 3.8) is 0 Å². The zero-order valence-electron chi connectivity index (χ0n) is 13.3. The number of aryl methyl sites for hydroxylation is 1. The van der Waals surface area contributed by atoms with E-state index in [0.717, 1.165) is 32.4 Å². The van der Waals surface area contributed by atoms with Crippen LogP contribution in [-0.4, -0.2) is 24.3 Å². The van der Waals surface area contributed by atoms with Gasteiger partial charge < -0.3 is 10.0 Å². The van der Waals surface area contributed by atoms with Crippen molar-refractivity contribution < 1.29 is 5.11 Å². The van der Waals surface area contributed by atoms with Crippen molar-refractivity contribution in [3.05, 3.63) is 29.8 Å². The summed E-state index contributed by atoms with van der Waals surface area (Å²) < 4.78 is 0. The van der Waals surface area contributed by atoms with Crippen LogP contribution in [0.2, 0.25) is 0 Å². The largest absolute Gasteiger partial charge is 0.393 e. The third kappa shape index (κ3) is 6.11. The number of anilines is 1. The van der Waals surface area contributed by atoms with Gasteiger partial charge in [-0.25, -0.2) is 0 Å². The van der Waals surface area contributed by atoms with E-state index < -0.39 is 0 Å². The van der Waals surface area contributed by atoms with Gasteiger partial charge in [0.2, 0.25) is 0 Å². The Kier molecular flexibility index (Phi) is 10.3. The Morgan fingerprint density at radius 3 is 2.21 bits per heavy atom. The second-order valence-electron chi connectivity index (χ2n) is 4.24. The molecule has 19 heavy (non-hydrogen) atoms. The van der Waals surface area contributed by atoms with Crippen molar-refractivity contribution >= 4 is 5.69 Å². The van der Waals surface area contributed by atoms with E-state index in [0.29, 0.717) is 0 Å². The molecule has 2 rings (SSSR count). The number of piperidine rings is 1. The first kappa shape index (κ1) is 18.0. The van der Waals surface area contributed by atoms with Crippen molar-refractivity contribution in [1.29, 1.82) is 0 Å². The Hall–Kier alpha value is -1.02. The van der Waals surface area contributed by atoms with Crippen LogP contribution in [0.1, 0.15) is 53.0 Å². The molecule has 0 radical (unpaired) electrons. The van der Waals surface area contributed by atoms with Crippen LogP contribution < -0.4 is 4.90 Å². The molecule has 1 saturated heterocycles. The lowest BCUT2D eigenvalue weighted by molar-refractivity contribution is 0.145. The minimum atomic E-state index is -0.0874. The molecule has 1 aliphatic heterocycles. The highest BCUT2D eigenvalue weighted by molar-refractivity contribution is 5.49. The third-order valence-corrected chi connectivity index (χ3v) is 3.15. The molecule has 0 saturated carbocycles. The lowest BCUT2D eigenvalue weighted by atomic mass is 10.1. The minimum Gasteiger partial charge on any atom is -0.393 e. The smallest absolute Gasteiger partial charge is 0.0574 e. The average Bonchev–Trinajstić information content (AvgIpc) is 2.52. The van der Waals surface area contributed by atoms with Crippen LogP contribution in [0.3, 0.4) is 0 Å². The van der Waals surface area contributed by atoms with Gasteiger partial charge in [-0.05, 0) is 37.0 Å². The van der Waals surface area contributed by atoms with Gasteiger partial charge in [0, 0.05) is 18.8 Å². The molecule has 2 nitrogen and oxygen atoms in total. The molecule has 0 aromatic heterocycles. The summed E-state index contributed by atoms with van der Waals surface area (Å²) in [6.07, 6.45) is 2.80. The standard InChI is InChI=1S/C13H19NO.2C2H6/c1-2-11-4-3-5-12(10-11)14-8-6-13(15)7-9-14;2*1-2/h3-5,10,13,15H,2,6-9H2,1H3;2*1-2H3. The van der Waals surface area contributed by atoms with E-state index in [1.165, 1.54) is 11.3 Å². The SMILES string of the molecule is CC.CC.CCc1cccc(N2CCC(O)CC2)c1. The molecule has 1 aliphatic rings. The van der Waals surface area contributed by atoms with Crippen molar-refractivity contribution in [2.24, 2.45) is 0 Å². The van der Waals surface area contributed by atoms with Crippen molar-refractivity contribution in [2.45, 2.75) is 60.0 Å². The predicted molar refractivity (Wildman–Crippen MR) is 86.0 cm³/mol. The van der Waals surface area contributed by atoms with Crippen LogP contribution in [0.25, 0.3) is 0 Å². The Labute approximate surface area is 119 Å². The molecule has 1 heterocycles. The predicted octanol–water partition coefficient (Wildman–Crippen LogP) is 4.26. The first-order chi connectivity index (χ1) is 9.29. The maximum atomic E-state index is 9.45. The van der Waals surface area contributed by atoms with Crippen LogP contribution >= 0.6 is 0 Å². The van der Waals surface area contributed by atoms with Gasteiger partial charge in [-0.2, -0.15) is 0 Å². The third-order valence-electron chi connectivity index (χ3n) is 3.15. The van der Waals surface area contributed by atoms with Gasteiger partial charge in [-0.15, -0.1) is 0 Å². The summed E-state index contributed by atoms with van der Waals surface area (Å²) in [7, 11) is 0. The number of nitrogens with zero attached hydrogens (tertiary/aromatic N) is 1. The lowest BCUT2D eigenvalue weighted by Gasteiger charge is -2.31. The number of hydrogen-bond acceptors (Lipinski definition) is 2. The van der Waals surface area contributed by atoms with Gasteiger partial charge >= 0.3 is 0 Å². The van der Waals surface area contributed by atoms with E-state index in [1.54, 1.807) is 0 Å². The Balaban J connectivity index is 0.000000741. The Morgan fingerprint density at radius 1 is 1.11 bits per heavy atom. The second-order valence-corrected chi connectivity index (χ2v) is 4.24. The maximum Gasteiger partial charge on any atom is 0.0574 e. The van der Waals surface area contributed by atoms with Gasteiger partial charge in [0.15, 0.2) is 0 Å². The molecule has 1 N–H and O–H groups in total. The fourth-order valence-electron chi connectivity index (χ4n) is 2.10. The molecule has 110 valence electrons. The van der Waals surface area contributed by atoms with Crippen molar-refractivity contribution in [1.82, 2.24) is 0 Å². The van der Waals surface area contributed by atoms with Gasteiger partial charge in [0.25, 0.3) is 0 Å². The first-order valence-electron chi connectivity index (χ1n) is 7.81. The van der Waals surface area contributed by atoms with E-state index >= 15 is 0 Å². The zero-order valence-corrected chi connectivity index (χ0v) is 13.3. The second kappa shape index (κ2) is 10.9. The van der Waals surface area contributed by atoms with Gasteiger partial charge in [-0.3, -0.25) is 0 Å². The summed E-state index contributed by atoms with van der Waals surface area (Å²) in [5, 5.41) is 9.45. The summed E-state index contributed by atoms with van der Waals surface area (Å²) >= 11 is 0. The summed E-state index contributed by atoms with van der Waals surface area (Å²) in [5.41, 5.74) is 2.69. The summed E-state index contributed by atoms with van der Waals surface area (Å²) in [4.78, 5) is 2.37. The van der Waals surface area contributed by atoms with E-state index in [2.05, 4.69) is 36.1 Å². The zero-order chi connectivity index (χ0) is 14.7. The topological polar surface area (TPSA) is 23.5 Å².